The molecule has 0 spiro atoms. The first-order chi connectivity index (χ1) is 14.4. The Morgan fingerprint density at radius 2 is 1.67 bits per heavy atom. The third kappa shape index (κ3) is 5.01. The lowest BCUT2D eigenvalue weighted by molar-refractivity contribution is 0.323. The Kier molecular flexibility index (Phi) is 5.78. The maximum Gasteiger partial charge on any atom is 0.208 e. The molecule has 1 aromatic heterocycles. The highest BCUT2D eigenvalue weighted by molar-refractivity contribution is 7.88. The number of ether oxygens (including phenoxy) is 2. The van der Waals surface area contributed by atoms with E-state index in [0.29, 0.717) is 11.7 Å². The van der Waals surface area contributed by atoms with Gasteiger partial charge in [-0.15, -0.1) is 0 Å². The van der Waals surface area contributed by atoms with E-state index >= 15 is 0 Å². The van der Waals surface area contributed by atoms with Crippen molar-refractivity contribution in [1.82, 2.24) is 9.71 Å². The van der Waals surface area contributed by atoms with Crippen molar-refractivity contribution in [1.29, 1.82) is 0 Å². The van der Waals surface area contributed by atoms with E-state index in [1.165, 1.54) is 0 Å². The molecule has 4 rings (SSSR count). The number of methoxy groups -OCH3 is 1. The summed E-state index contributed by atoms with van der Waals surface area (Å²) in [5.41, 5.74) is 2.68. The van der Waals surface area contributed by atoms with Crippen molar-refractivity contribution in [3.8, 4) is 34.1 Å². The van der Waals surface area contributed by atoms with Crippen LogP contribution in [0.4, 0.5) is 0 Å². The van der Waals surface area contributed by atoms with E-state index < -0.39 is 10.0 Å². The SMILES string of the molecule is COc1ccc(-c2nc(C3CC3)oc2-c2ccc(OCCNS(C)(=O)=O)cc2)cc1. The van der Waals surface area contributed by atoms with E-state index in [1.807, 2.05) is 48.5 Å². The van der Waals surface area contributed by atoms with Crippen LogP contribution in [0.3, 0.4) is 0 Å². The van der Waals surface area contributed by atoms with E-state index in [2.05, 4.69) is 4.72 Å². The summed E-state index contributed by atoms with van der Waals surface area (Å²) in [5.74, 6) is 3.36. The maximum atomic E-state index is 11.1. The average molecular weight is 429 g/mol. The topological polar surface area (TPSA) is 90.7 Å². The molecule has 1 saturated carbocycles. The van der Waals surface area contributed by atoms with Gasteiger partial charge in [-0.05, 0) is 61.4 Å². The second kappa shape index (κ2) is 8.49. The van der Waals surface area contributed by atoms with Crippen LogP contribution in [0.15, 0.2) is 52.9 Å². The summed E-state index contributed by atoms with van der Waals surface area (Å²) in [6.07, 6.45) is 3.34. The number of hydrogen-bond acceptors (Lipinski definition) is 6. The van der Waals surface area contributed by atoms with Crippen molar-refractivity contribution in [3.63, 3.8) is 0 Å². The Morgan fingerprint density at radius 1 is 1.03 bits per heavy atom. The summed E-state index contributed by atoms with van der Waals surface area (Å²) in [6.45, 7) is 0.465. The zero-order valence-electron chi connectivity index (χ0n) is 16.9. The molecule has 158 valence electrons. The molecule has 1 N–H and O–H groups in total. The van der Waals surface area contributed by atoms with Gasteiger partial charge in [0.1, 0.15) is 23.8 Å². The minimum Gasteiger partial charge on any atom is -0.497 e. The average Bonchev–Trinajstić information content (AvgIpc) is 3.50. The number of aromatic nitrogens is 1. The number of rotatable bonds is 9. The zero-order valence-corrected chi connectivity index (χ0v) is 17.7. The molecule has 1 heterocycles. The van der Waals surface area contributed by atoms with Crippen molar-refractivity contribution in [2.45, 2.75) is 18.8 Å². The number of sulfonamides is 1. The third-order valence-electron chi connectivity index (χ3n) is 4.79. The van der Waals surface area contributed by atoms with Crippen molar-refractivity contribution < 1.29 is 22.3 Å². The molecule has 30 heavy (non-hydrogen) atoms. The summed E-state index contributed by atoms with van der Waals surface area (Å²) >= 11 is 0. The van der Waals surface area contributed by atoms with E-state index in [1.54, 1.807) is 7.11 Å². The first kappa shape index (κ1) is 20.4. The Balaban J connectivity index is 1.54. The standard InChI is InChI=1S/C22H24N2O5S/c1-27-18-9-5-15(6-10-18)20-21(29-22(24-20)17-3-4-17)16-7-11-19(12-8-16)28-14-13-23-30(2,25)26/h5-12,17,23H,3-4,13-14H2,1-2H3. The second-order valence-electron chi connectivity index (χ2n) is 7.27. The van der Waals surface area contributed by atoms with Crippen molar-refractivity contribution in [2.75, 3.05) is 26.5 Å². The lowest BCUT2D eigenvalue weighted by atomic mass is 10.1. The highest BCUT2D eigenvalue weighted by atomic mass is 32.2. The normalized spacial score (nSPS) is 13.9. The van der Waals surface area contributed by atoms with Gasteiger partial charge in [0.2, 0.25) is 10.0 Å². The number of benzene rings is 2. The summed E-state index contributed by atoms with van der Waals surface area (Å²) in [4.78, 5) is 4.78. The van der Waals surface area contributed by atoms with Crippen LogP contribution in [-0.2, 0) is 10.0 Å². The Labute approximate surface area is 176 Å². The predicted molar refractivity (Wildman–Crippen MR) is 114 cm³/mol. The van der Waals surface area contributed by atoms with Gasteiger partial charge in [-0.3, -0.25) is 0 Å². The molecule has 7 nitrogen and oxygen atoms in total. The molecule has 2 aromatic carbocycles. The molecule has 0 radical (unpaired) electrons. The van der Waals surface area contributed by atoms with Crippen LogP contribution in [-0.4, -0.2) is 39.9 Å². The largest absolute Gasteiger partial charge is 0.497 e. The first-order valence-corrected chi connectivity index (χ1v) is 11.6. The van der Waals surface area contributed by atoms with E-state index in [-0.39, 0.29) is 13.2 Å². The van der Waals surface area contributed by atoms with Gasteiger partial charge in [0.15, 0.2) is 11.7 Å². The molecule has 0 bridgehead atoms. The highest BCUT2D eigenvalue weighted by Crippen LogP contribution is 2.44. The van der Waals surface area contributed by atoms with Crippen LogP contribution in [0.1, 0.15) is 24.7 Å². The minimum atomic E-state index is -3.21. The quantitative estimate of drug-likeness (QED) is 0.521. The van der Waals surface area contributed by atoms with Crippen LogP contribution in [0.2, 0.25) is 0 Å². The van der Waals surface area contributed by atoms with Crippen molar-refractivity contribution >= 4 is 10.0 Å². The fraction of sp³-hybridized carbons (Fsp3) is 0.318. The fourth-order valence-corrected chi connectivity index (χ4v) is 3.53. The Morgan fingerprint density at radius 3 is 2.27 bits per heavy atom. The molecule has 0 unspecified atom stereocenters. The molecular weight excluding hydrogens is 404 g/mol. The van der Waals surface area contributed by atoms with Crippen LogP contribution in [0, 0.1) is 0 Å². The first-order valence-electron chi connectivity index (χ1n) is 9.76. The van der Waals surface area contributed by atoms with Gasteiger partial charge in [0, 0.05) is 23.6 Å². The van der Waals surface area contributed by atoms with E-state index in [9.17, 15) is 8.42 Å². The molecule has 3 aromatic rings. The number of nitrogens with one attached hydrogen (secondary N) is 1. The van der Waals surface area contributed by atoms with E-state index in [0.717, 1.165) is 53.3 Å². The van der Waals surface area contributed by atoms with Crippen LogP contribution < -0.4 is 14.2 Å². The van der Waals surface area contributed by atoms with Crippen molar-refractivity contribution in [2.24, 2.45) is 0 Å². The molecule has 8 heteroatoms. The second-order valence-corrected chi connectivity index (χ2v) is 9.10. The third-order valence-corrected chi connectivity index (χ3v) is 5.51. The zero-order chi connectivity index (χ0) is 21.1. The molecule has 1 aliphatic rings. The maximum absolute atomic E-state index is 11.1. The highest BCUT2D eigenvalue weighted by Gasteiger charge is 2.31. The predicted octanol–water partition coefficient (Wildman–Crippen LogP) is 3.82. The summed E-state index contributed by atoms with van der Waals surface area (Å²) in [6, 6.07) is 15.3. The molecule has 0 aliphatic heterocycles. The molecule has 0 amide bonds. The smallest absolute Gasteiger partial charge is 0.208 e. The molecule has 0 atom stereocenters. The van der Waals surface area contributed by atoms with Crippen LogP contribution >= 0.6 is 0 Å². The molecule has 0 saturated heterocycles. The van der Waals surface area contributed by atoms with E-state index in [4.69, 9.17) is 18.9 Å². The summed E-state index contributed by atoms with van der Waals surface area (Å²) in [5, 5.41) is 0. The van der Waals surface area contributed by atoms with Gasteiger partial charge in [-0.1, -0.05) is 0 Å². The summed E-state index contributed by atoms with van der Waals surface area (Å²) in [7, 11) is -1.57. The van der Waals surface area contributed by atoms with Gasteiger partial charge in [-0.25, -0.2) is 18.1 Å². The van der Waals surface area contributed by atoms with Gasteiger partial charge in [0.05, 0.1) is 13.4 Å². The molecular formula is C22H24N2O5S. The van der Waals surface area contributed by atoms with Crippen LogP contribution in [0.5, 0.6) is 11.5 Å². The van der Waals surface area contributed by atoms with Gasteiger partial charge in [0.25, 0.3) is 0 Å². The van der Waals surface area contributed by atoms with Crippen molar-refractivity contribution in [3.05, 3.63) is 54.4 Å². The number of nitrogens with zero attached hydrogens (tertiary/aromatic N) is 1. The molecule has 1 fully saturated rings. The van der Waals surface area contributed by atoms with Crippen LogP contribution in [0.25, 0.3) is 22.6 Å². The van der Waals surface area contributed by atoms with Gasteiger partial charge in [-0.2, -0.15) is 0 Å². The number of oxazole rings is 1. The Hall–Kier alpha value is -2.84. The summed E-state index contributed by atoms with van der Waals surface area (Å²) < 4.78 is 41.6. The fourth-order valence-electron chi connectivity index (χ4n) is 3.08. The monoisotopic (exact) mass is 428 g/mol. The lowest BCUT2D eigenvalue weighted by Gasteiger charge is -2.08. The van der Waals surface area contributed by atoms with Gasteiger partial charge < -0.3 is 13.9 Å². The Bertz CT molecular complexity index is 1100. The lowest BCUT2D eigenvalue weighted by Crippen LogP contribution is -2.26. The number of hydrogen-bond donors (Lipinski definition) is 1. The molecule has 1 aliphatic carbocycles. The van der Waals surface area contributed by atoms with Gasteiger partial charge >= 0.3 is 0 Å². The minimum absolute atomic E-state index is 0.217.